The van der Waals surface area contributed by atoms with E-state index in [0.29, 0.717) is 0 Å². The minimum absolute atomic E-state index is 0.132. The van der Waals surface area contributed by atoms with E-state index >= 15 is 0 Å². The number of nitrogens with one attached hydrogen (secondary N) is 1. The first kappa shape index (κ1) is 19.0. The molecular formula is C24H31N3O2. The number of likely N-dealkylation sites (tertiary alicyclic amines) is 1. The van der Waals surface area contributed by atoms with Crippen molar-refractivity contribution in [3.05, 3.63) is 59.4 Å². The van der Waals surface area contributed by atoms with Crippen LogP contribution in [0.5, 0.6) is 5.75 Å². The molecule has 0 spiro atoms. The number of aliphatic hydroxyl groups is 1. The van der Waals surface area contributed by atoms with Crippen molar-refractivity contribution < 1.29 is 9.84 Å². The highest BCUT2D eigenvalue weighted by molar-refractivity contribution is 5.48. The van der Waals surface area contributed by atoms with E-state index in [1.165, 1.54) is 11.1 Å². The second kappa shape index (κ2) is 7.38. The van der Waals surface area contributed by atoms with Gasteiger partial charge in [-0.15, -0.1) is 0 Å². The summed E-state index contributed by atoms with van der Waals surface area (Å²) in [6.07, 6.45) is 6.50. The number of benzene rings is 1. The predicted molar refractivity (Wildman–Crippen MR) is 113 cm³/mol. The lowest BCUT2D eigenvalue weighted by Crippen LogP contribution is -2.70. The van der Waals surface area contributed by atoms with Gasteiger partial charge in [0.15, 0.2) is 0 Å². The summed E-state index contributed by atoms with van der Waals surface area (Å²) < 4.78 is 5.55. The zero-order valence-electron chi connectivity index (χ0n) is 17.2. The highest BCUT2D eigenvalue weighted by Gasteiger charge is 2.61. The maximum Gasteiger partial charge on any atom is 0.119 e. The number of pyridine rings is 1. The van der Waals surface area contributed by atoms with Gasteiger partial charge in [0.1, 0.15) is 5.75 Å². The second-order valence-electron chi connectivity index (χ2n) is 8.90. The number of rotatable bonds is 4. The van der Waals surface area contributed by atoms with Crippen LogP contribution in [0.4, 0.5) is 0 Å². The highest BCUT2D eigenvalue weighted by Crippen LogP contribution is 2.54. The van der Waals surface area contributed by atoms with Gasteiger partial charge in [-0.25, -0.2) is 0 Å². The van der Waals surface area contributed by atoms with Crippen molar-refractivity contribution in [1.82, 2.24) is 15.2 Å². The largest absolute Gasteiger partial charge is 0.497 e. The van der Waals surface area contributed by atoms with Crippen LogP contribution in [0.25, 0.3) is 0 Å². The van der Waals surface area contributed by atoms with Gasteiger partial charge >= 0.3 is 0 Å². The topological polar surface area (TPSA) is 57.6 Å². The van der Waals surface area contributed by atoms with Crippen molar-refractivity contribution in [2.45, 2.75) is 49.2 Å². The zero-order valence-corrected chi connectivity index (χ0v) is 17.2. The SMILES string of the molecule is COc1ccc2c(c1)C13CCNC(C2)C1(O)CCN(CCc1ccccn1)CC3. The Morgan fingerprint density at radius 2 is 2.10 bits per heavy atom. The average molecular weight is 394 g/mol. The molecule has 2 N–H and O–H groups in total. The van der Waals surface area contributed by atoms with Crippen LogP contribution in [0, 0.1) is 0 Å². The summed E-state index contributed by atoms with van der Waals surface area (Å²) in [5.74, 6) is 0.897. The maximum atomic E-state index is 12.1. The van der Waals surface area contributed by atoms with E-state index in [1.54, 1.807) is 7.11 Å². The zero-order chi connectivity index (χ0) is 19.9. The Balaban J connectivity index is 1.44. The Morgan fingerprint density at radius 1 is 1.21 bits per heavy atom. The van der Waals surface area contributed by atoms with E-state index < -0.39 is 5.60 Å². The maximum absolute atomic E-state index is 12.1. The van der Waals surface area contributed by atoms with Crippen molar-refractivity contribution in [2.24, 2.45) is 0 Å². The molecule has 1 aromatic heterocycles. The van der Waals surface area contributed by atoms with E-state index in [2.05, 4.69) is 45.5 Å². The molecule has 29 heavy (non-hydrogen) atoms. The lowest BCUT2D eigenvalue weighted by Gasteiger charge is -2.58. The molecule has 5 heteroatoms. The van der Waals surface area contributed by atoms with E-state index in [9.17, 15) is 5.11 Å². The van der Waals surface area contributed by atoms with E-state index in [4.69, 9.17) is 4.74 Å². The number of nitrogens with zero attached hydrogens (tertiary/aromatic N) is 2. The minimum Gasteiger partial charge on any atom is -0.497 e. The molecule has 3 atom stereocenters. The van der Waals surface area contributed by atoms with Gasteiger partial charge in [0.2, 0.25) is 0 Å². The van der Waals surface area contributed by atoms with Crippen LogP contribution < -0.4 is 10.1 Å². The molecule has 0 saturated carbocycles. The molecule has 2 saturated heterocycles. The number of methoxy groups -OCH3 is 1. The molecule has 2 fully saturated rings. The van der Waals surface area contributed by atoms with Gasteiger partial charge in [0, 0.05) is 42.9 Å². The standard InChI is InChI=1S/C24H31N3O2/c1-29-20-6-5-18-16-22-24(28)10-15-27(13-7-19-4-2-3-11-25-19)14-9-23(24,8-12-26-22)21(18)17-20/h2-6,11,17,22,26,28H,7-10,12-16H2,1H3. The molecule has 2 aromatic rings. The second-order valence-corrected chi connectivity index (χ2v) is 8.90. The number of hydrogen-bond acceptors (Lipinski definition) is 5. The Bertz CT molecular complexity index is 874. The van der Waals surface area contributed by atoms with Crippen molar-refractivity contribution in [3.63, 3.8) is 0 Å². The number of hydrogen-bond donors (Lipinski definition) is 2. The number of ether oxygens (including phenoxy) is 1. The molecule has 0 amide bonds. The van der Waals surface area contributed by atoms with Gasteiger partial charge in [-0.05, 0) is 74.2 Å². The molecule has 1 aromatic carbocycles. The first-order valence-electron chi connectivity index (χ1n) is 10.9. The van der Waals surface area contributed by atoms with Gasteiger partial charge in [-0.3, -0.25) is 4.98 Å². The third kappa shape index (κ3) is 3.07. The summed E-state index contributed by atoms with van der Waals surface area (Å²) in [6.45, 7) is 3.91. The summed E-state index contributed by atoms with van der Waals surface area (Å²) >= 11 is 0. The highest BCUT2D eigenvalue weighted by atomic mass is 16.5. The molecule has 3 unspecified atom stereocenters. The Morgan fingerprint density at radius 3 is 2.93 bits per heavy atom. The van der Waals surface area contributed by atoms with Crippen LogP contribution in [0.15, 0.2) is 42.6 Å². The average Bonchev–Trinajstić information content (AvgIpc) is 2.91. The molecule has 1 aliphatic carbocycles. The van der Waals surface area contributed by atoms with Crippen LogP contribution in [0.3, 0.4) is 0 Å². The molecule has 3 aliphatic rings. The summed E-state index contributed by atoms with van der Waals surface area (Å²) in [5, 5.41) is 15.8. The summed E-state index contributed by atoms with van der Waals surface area (Å²) in [6, 6.07) is 12.7. The van der Waals surface area contributed by atoms with Gasteiger partial charge in [-0.2, -0.15) is 0 Å². The molecule has 3 heterocycles. The van der Waals surface area contributed by atoms with Crippen molar-refractivity contribution in [2.75, 3.05) is 33.3 Å². The fraction of sp³-hybridized carbons (Fsp3) is 0.542. The molecule has 2 bridgehead atoms. The summed E-state index contributed by atoms with van der Waals surface area (Å²) in [5.41, 5.74) is 2.94. The monoisotopic (exact) mass is 393 g/mol. The molecule has 5 rings (SSSR count). The lowest BCUT2D eigenvalue weighted by molar-refractivity contribution is -0.102. The van der Waals surface area contributed by atoms with Gasteiger partial charge in [0.05, 0.1) is 12.7 Å². The summed E-state index contributed by atoms with van der Waals surface area (Å²) in [7, 11) is 1.73. The molecular weight excluding hydrogens is 362 g/mol. The normalized spacial score (nSPS) is 31.4. The Labute approximate surface area is 173 Å². The van der Waals surface area contributed by atoms with Gasteiger partial charge in [0.25, 0.3) is 0 Å². The van der Waals surface area contributed by atoms with Crippen LogP contribution >= 0.6 is 0 Å². The summed E-state index contributed by atoms with van der Waals surface area (Å²) in [4.78, 5) is 7.00. The van der Waals surface area contributed by atoms with Crippen LogP contribution in [0.1, 0.15) is 36.1 Å². The quantitative estimate of drug-likeness (QED) is 0.835. The first-order valence-corrected chi connectivity index (χ1v) is 10.9. The van der Waals surface area contributed by atoms with Gasteiger partial charge < -0.3 is 20.1 Å². The Kier molecular flexibility index (Phi) is 4.85. The van der Waals surface area contributed by atoms with E-state index in [0.717, 1.165) is 69.7 Å². The smallest absolute Gasteiger partial charge is 0.119 e. The molecule has 2 aliphatic heterocycles. The van der Waals surface area contributed by atoms with Crippen LogP contribution in [-0.2, 0) is 18.3 Å². The van der Waals surface area contributed by atoms with Gasteiger partial charge in [-0.1, -0.05) is 12.1 Å². The lowest BCUT2D eigenvalue weighted by atomic mass is 9.53. The van der Waals surface area contributed by atoms with Crippen molar-refractivity contribution in [3.8, 4) is 5.75 Å². The fourth-order valence-electron chi connectivity index (χ4n) is 6.03. The first-order chi connectivity index (χ1) is 14.1. The third-order valence-corrected chi connectivity index (χ3v) is 7.68. The van der Waals surface area contributed by atoms with E-state index in [1.807, 2.05) is 12.3 Å². The fourth-order valence-corrected chi connectivity index (χ4v) is 6.03. The number of fused-ring (bicyclic) bond motifs is 1. The van der Waals surface area contributed by atoms with Crippen LogP contribution in [-0.4, -0.2) is 59.9 Å². The molecule has 5 nitrogen and oxygen atoms in total. The molecule has 0 radical (unpaired) electrons. The molecule has 154 valence electrons. The predicted octanol–water partition coefficient (Wildman–Crippen LogP) is 2.32. The van der Waals surface area contributed by atoms with E-state index in [-0.39, 0.29) is 11.5 Å². The number of aromatic nitrogens is 1. The Hall–Kier alpha value is -1.95. The minimum atomic E-state index is -0.704. The van der Waals surface area contributed by atoms with Crippen molar-refractivity contribution in [1.29, 1.82) is 0 Å². The number of piperidine rings is 1. The van der Waals surface area contributed by atoms with Crippen LogP contribution in [0.2, 0.25) is 0 Å². The third-order valence-electron chi connectivity index (χ3n) is 7.68. The van der Waals surface area contributed by atoms with Crippen molar-refractivity contribution >= 4 is 0 Å².